The fourth-order valence-corrected chi connectivity index (χ4v) is 2.34. The summed E-state index contributed by atoms with van der Waals surface area (Å²) >= 11 is 0. The number of rotatable bonds is 6. The van der Waals surface area contributed by atoms with Crippen LogP contribution in [0.2, 0.25) is 0 Å². The zero-order chi connectivity index (χ0) is 19.1. The summed E-state index contributed by atoms with van der Waals surface area (Å²) in [5.74, 6) is -0.0485. The highest BCUT2D eigenvalue weighted by Gasteiger charge is 2.07. The summed E-state index contributed by atoms with van der Waals surface area (Å²) in [5.41, 5.74) is 3.35. The van der Waals surface area contributed by atoms with E-state index in [0.717, 1.165) is 5.56 Å². The number of nitrogens with zero attached hydrogens (tertiary/aromatic N) is 1. The molecule has 2 aromatic rings. The fraction of sp³-hybridized carbons (Fsp3) is 0.250. The Morgan fingerprint density at radius 1 is 1.12 bits per heavy atom. The van der Waals surface area contributed by atoms with E-state index in [4.69, 9.17) is 0 Å². The van der Waals surface area contributed by atoms with Gasteiger partial charge in [0.1, 0.15) is 6.07 Å². The molecule has 6 nitrogen and oxygen atoms in total. The van der Waals surface area contributed by atoms with E-state index in [9.17, 15) is 14.9 Å². The van der Waals surface area contributed by atoms with Gasteiger partial charge in [-0.05, 0) is 56.7 Å². The van der Waals surface area contributed by atoms with Crippen LogP contribution >= 0.6 is 0 Å². The van der Waals surface area contributed by atoms with Crippen LogP contribution in [0.5, 0.6) is 0 Å². The van der Waals surface area contributed by atoms with Crippen molar-refractivity contribution in [1.29, 1.82) is 5.26 Å². The summed E-state index contributed by atoms with van der Waals surface area (Å²) in [5, 5.41) is 17.9. The van der Waals surface area contributed by atoms with Crippen LogP contribution in [0.3, 0.4) is 0 Å². The van der Waals surface area contributed by atoms with Crippen molar-refractivity contribution in [2.75, 3.05) is 10.6 Å². The van der Waals surface area contributed by atoms with E-state index in [1.54, 1.807) is 18.2 Å². The Balaban J connectivity index is 2.02. The highest BCUT2D eigenvalue weighted by molar-refractivity contribution is 5.95. The van der Waals surface area contributed by atoms with Crippen LogP contribution in [0.25, 0.3) is 0 Å². The largest absolute Gasteiger partial charge is 0.380 e. The monoisotopic (exact) mass is 350 g/mol. The van der Waals surface area contributed by atoms with Gasteiger partial charge in [0, 0.05) is 23.8 Å². The third-order valence-electron chi connectivity index (χ3n) is 3.66. The molecule has 3 N–H and O–H groups in total. The van der Waals surface area contributed by atoms with E-state index in [0.29, 0.717) is 29.0 Å². The zero-order valence-electron chi connectivity index (χ0n) is 15.1. The highest BCUT2D eigenvalue weighted by atomic mass is 16.2. The number of nitriles is 1. The molecule has 26 heavy (non-hydrogen) atoms. The molecule has 0 saturated heterocycles. The minimum Gasteiger partial charge on any atom is -0.380 e. The molecule has 0 fully saturated rings. The molecule has 0 aliphatic heterocycles. The molecule has 0 radical (unpaired) electrons. The number of ketones is 1. The van der Waals surface area contributed by atoms with Gasteiger partial charge in [0.2, 0.25) is 0 Å². The fourth-order valence-electron chi connectivity index (χ4n) is 2.34. The Bertz CT molecular complexity index is 836. The molecule has 0 aliphatic carbocycles. The average Bonchev–Trinajstić information content (AvgIpc) is 2.60. The van der Waals surface area contributed by atoms with Gasteiger partial charge in [-0.2, -0.15) is 5.26 Å². The summed E-state index contributed by atoms with van der Waals surface area (Å²) in [6.45, 7) is 5.77. The second-order valence-electron chi connectivity index (χ2n) is 6.23. The smallest absolute Gasteiger partial charge is 0.319 e. The molecule has 134 valence electrons. The summed E-state index contributed by atoms with van der Waals surface area (Å²) in [7, 11) is 0. The van der Waals surface area contributed by atoms with Crippen LogP contribution < -0.4 is 16.0 Å². The third-order valence-corrected chi connectivity index (χ3v) is 3.66. The number of benzene rings is 2. The van der Waals surface area contributed by atoms with Crippen molar-refractivity contribution in [2.45, 2.75) is 33.4 Å². The number of amides is 2. The van der Waals surface area contributed by atoms with Crippen LogP contribution in [0.4, 0.5) is 16.2 Å². The molecule has 0 aromatic heterocycles. The van der Waals surface area contributed by atoms with Gasteiger partial charge in [-0.25, -0.2) is 4.79 Å². The van der Waals surface area contributed by atoms with Crippen molar-refractivity contribution >= 4 is 23.2 Å². The third kappa shape index (κ3) is 5.35. The Kier molecular flexibility index (Phi) is 6.34. The first-order chi connectivity index (χ1) is 12.4. The lowest BCUT2D eigenvalue weighted by Crippen LogP contribution is -2.34. The molecule has 0 bridgehead atoms. The lowest BCUT2D eigenvalue weighted by atomic mass is 10.1. The predicted octanol–water partition coefficient (Wildman–Crippen LogP) is 3.90. The molecule has 0 heterocycles. The molecular formula is C20H22N4O2. The van der Waals surface area contributed by atoms with Crippen LogP contribution in [0.15, 0.2) is 42.5 Å². The minimum absolute atomic E-state index is 0.0485. The number of hydrogen-bond acceptors (Lipinski definition) is 4. The normalized spacial score (nSPS) is 10.1. The van der Waals surface area contributed by atoms with Crippen molar-refractivity contribution in [1.82, 2.24) is 5.32 Å². The Hall–Kier alpha value is -3.33. The minimum atomic E-state index is -0.245. The SMILES string of the molecule is CC(=O)c1ccc(C#N)c(NCc2ccc(NC(=O)NC(C)C)cc2)c1. The van der Waals surface area contributed by atoms with Crippen LogP contribution in [0, 0.1) is 11.3 Å². The summed E-state index contributed by atoms with van der Waals surface area (Å²) in [6, 6.07) is 14.3. The first-order valence-corrected chi connectivity index (χ1v) is 8.34. The van der Waals surface area contributed by atoms with Gasteiger partial charge in [0.05, 0.1) is 11.3 Å². The lowest BCUT2D eigenvalue weighted by Gasteiger charge is -2.12. The van der Waals surface area contributed by atoms with E-state index in [2.05, 4.69) is 22.0 Å². The molecule has 2 rings (SSSR count). The maximum Gasteiger partial charge on any atom is 0.319 e. The van der Waals surface area contributed by atoms with Crippen molar-refractivity contribution in [2.24, 2.45) is 0 Å². The predicted molar refractivity (Wildman–Crippen MR) is 102 cm³/mol. The second kappa shape index (κ2) is 8.67. The molecule has 0 aliphatic rings. The molecule has 2 amide bonds. The van der Waals surface area contributed by atoms with E-state index in [-0.39, 0.29) is 17.9 Å². The molecule has 0 saturated carbocycles. The molecule has 6 heteroatoms. The molecular weight excluding hydrogens is 328 g/mol. The van der Waals surface area contributed by atoms with E-state index in [1.807, 2.05) is 38.1 Å². The highest BCUT2D eigenvalue weighted by Crippen LogP contribution is 2.19. The molecule has 0 atom stereocenters. The Morgan fingerprint density at radius 2 is 1.81 bits per heavy atom. The summed E-state index contributed by atoms with van der Waals surface area (Å²) in [4.78, 5) is 23.2. The first-order valence-electron chi connectivity index (χ1n) is 8.34. The van der Waals surface area contributed by atoms with E-state index >= 15 is 0 Å². The van der Waals surface area contributed by atoms with Gasteiger partial charge in [-0.15, -0.1) is 0 Å². The van der Waals surface area contributed by atoms with Gasteiger partial charge < -0.3 is 16.0 Å². The molecule has 0 spiro atoms. The second-order valence-corrected chi connectivity index (χ2v) is 6.23. The maximum atomic E-state index is 11.7. The number of anilines is 2. The van der Waals surface area contributed by atoms with Gasteiger partial charge in [-0.1, -0.05) is 12.1 Å². The van der Waals surface area contributed by atoms with Crippen molar-refractivity contribution in [3.8, 4) is 6.07 Å². The summed E-state index contributed by atoms with van der Waals surface area (Å²) in [6.07, 6.45) is 0. The van der Waals surface area contributed by atoms with Gasteiger partial charge in [0.25, 0.3) is 0 Å². The van der Waals surface area contributed by atoms with Crippen LogP contribution in [-0.4, -0.2) is 17.9 Å². The number of carbonyl (C=O) groups excluding carboxylic acids is 2. The van der Waals surface area contributed by atoms with Crippen molar-refractivity contribution < 1.29 is 9.59 Å². The standard InChI is InChI=1S/C20H22N4O2/c1-13(2)23-20(26)24-18-8-4-15(5-9-18)12-22-19-10-16(14(3)25)6-7-17(19)11-21/h4-10,13,22H,12H2,1-3H3,(H2,23,24,26). The lowest BCUT2D eigenvalue weighted by molar-refractivity contribution is 0.101. The van der Waals surface area contributed by atoms with Gasteiger partial charge in [-0.3, -0.25) is 4.79 Å². The maximum absolute atomic E-state index is 11.7. The number of carbonyl (C=O) groups is 2. The summed E-state index contributed by atoms with van der Waals surface area (Å²) < 4.78 is 0. The quantitative estimate of drug-likeness (QED) is 0.689. The van der Waals surface area contributed by atoms with Crippen molar-refractivity contribution in [3.63, 3.8) is 0 Å². The van der Waals surface area contributed by atoms with Gasteiger partial charge in [0.15, 0.2) is 5.78 Å². The first kappa shape index (κ1) is 19.0. The van der Waals surface area contributed by atoms with E-state index in [1.165, 1.54) is 6.92 Å². The number of urea groups is 1. The van der Waals surface area contributed by atoms with Crippen LogP contribution in [-0.2, 0) is 6.54 Å². The van der Waals surface area contributed by atoms with Crippen molar-refractivity contribution in [3.05, 3.63) is 59.2 Å². The van der Waals surface area contributed by atoms with Gasteiger partial charge >= 0.3 is 6.03 Å². The number of Topliss-reactive ketones (excluding diaryl/α,β-unsaturated/α-hetero) is 1. The Morgan fingerprint density at radius 3 is 2.38 bits per heavy atom. The molecule has 0 unspecified atom stereocenters. The average molecular weight is 350 g/mol. The Labute approximate surface area is 153 Å². The molecule has 2 aromatic carbocycles. The van der Waals surface area contributed by atoms with E-state index < -0.39 is 0 Å². The van der Waals surface area contributed by atoms with Crippen LogP contribution in [0.1, 0.15) is 42.3 Å². The number of nitrogens with one attached hydrogen (secondary N) is 3. The zero-order valence-corrected chi connectivity index (χ0v) is 15.1. The topological polar surface area (TPSA) is 94.0 Å². The number of hydrogen-bond donors (Lipinski definition) is 3.